The Kier molecular flexibility index (Phi) is 4.46. The maximum atomic E-state index is 13.2. The molecule has 1 aromatic carbocycles. The van der Waals surface area contributed by atoms with Crippen molar-refractivity contribution in [3.05, 3.63) is 53.1 Å². The zero-order valence-corrected chi connectivity index (χ0v) is 15.8. The number of oxazole rings is 1. The molecule has 3 heterocycles. The van der Waals surface area contributed by atoms with Gasteiger partial charge in [0.1, 0.15) is 21.6 Å². The van der Waals surface area contributed by atoms with Gasteiger partial charge in [0.2, 0.25) is 15.9 Å². The Morgan fingerprint density at radius 1 is 1.27 bits per heavy atom. The van der Waals surface area contributed by atoms with Crippen LogP contribution in [-0.2, 0) is 10.0 Å². The number of pyridine rings is 1. The van der Waals surface area contributed by atoms with Crippen molar-refractivity contribution in [2.45, 2.75) is 37.1 Å². The molecule has 1 fully saturated rings. The van der Waals surface area contributed by atoms with Gasteiger partial charge in [0, 0.05) is 12.7 Å². The van der Waals surface area contributed by atoms with Gasteiger partial charge in [-0.25, -0.2) is 18.4 Å². The number of hydrogen-bond acceptors (Lipinski definition) is 5. The Hall–Kier alpha value is -1.96. The molecule has 2 aromatic heterocycles. The first-order chi connectivity index (χ1) is 12.5. The fourth-order valence-corrected chi connectivity index (χ4v) is 5.07. The molecule has 0 unspecified atom stereocenters. The monoisotopic (exact) mass is 391 g/mol. The molecule has 0 N–H and O–H groups in total. The van der Waals surface area contributed by atoms with Crippen LogP contribution < -0.4 is 0 Å². The molecule has 0 saturated carbocycles. The Balaban J connectivity index is 1.75. The Morgan fingerprint density at radius 3 is 2.85 bits per heavy atom. The van der Waals surface area contributed by atoms with Crippen LogP contribution in [0.4, 0.5) is 0 Å². The van der Waals surface area contributed by atoms with E-state index in [-0.39, 0.29) is 4.90 Å². The van der Waals surface area contributed by atoms with Crippen LogP contribution in [0.25, 0.3) is 11.1 Å². The van der Waals surface area contributed by atoms with E-state index in [0.29, 0.717) is 35.2 Å². The number of fused-ring (bicyclic) bond motifs is 1. The lowest BCUT2D eigenvalue weighted by Crippen LogP contribution is -2.38. The third-order valence-electron chi connectivity index (χ3n) is 4.65. The summed E-state index contributed by atoms with van der Waals surface area (Å²) in [4.78, 5) is 8.65. The third kappa shape index (κ3) is 3.00. The summed E-state index contributed by atoms with van der Waals surface area (Å²) >= 11 is 5.94. The van der Waals surface area contributed by atoms with Gasteiger partial charge in [0.25, 0.3) is 0 Å². The average Bonchev–Trinajstić information content (AvgIpc) is 3.08. The first-order valence-electron chi connectivity index (χ1n) is 8.46. The lowest BCUT2D eigenvalue weighted by molar-refractivity contribution is 0.222. The van der Waals surface area contributed by atoms with Gasteiger partial charge in [-0.3, -0.25) is 0 Å². The van der Waals surface area contributed by atoms with E-state index in [2.05, 4.69) is 9.97 Å². The number of aryl methyl sites for hydroxylation is 1. The maximum Gasteiger partial charge on any atom is 0.245 e. The van der Waals surface area contributed by atoms with E-state index in [1.165, 1.54) is 10.5 Å². The molecule has 8 heteroatoms. The Bertz CT molecular complexity index is 1030. The summed E-state index contributed by atoms with van der Waals surface area (Å²) in [5.41, 5.74) is 2.02. The van der Waals surface area contributed by atoms with E-state index in [1.54, 1.807) is 13.0 Å². The van der Waals surface area contributed by atoms with Gasteiger partial charge in [-0.05, 0) is 43.5 Å². The standard InChI is InChI=1S/C18H18ClN3O3S/c1-12-10-13(11-20-17(12)19)26(23,24)22-9-5-4-7-15(22)18-21-14-6-2-3-8-16(14)25-18/h2-3,6,8,10-11,15H,4-5,7,9H2,1H3/t15-/m1/s1. The van der Waals surface area contributed by atoms with Crippen LogP contribution in [0.15, 0.2) is 45.8 Å². The maximum absolute atomic E-state index is 13.2. The number of benzene rings is 1. The summed E-state index contributed by atoms with van der Waals surface area (Å²) in [6.07, 6.45) is 3.71. The van der Waals surface area contributed by atoms with Crippen molar-refractivity contribution >= 4 is 32.7 Å². The van der Waals surface area contributed by atoms with E-state index in [4.69, 9.17) is 16.0 Å². The number of hydrogen-bond donors (Lipinski definition) is 0. The zero-order chi connectivity index (χ0) is 18.3. The molecule has 0 aliphatic carbocycles. The topological polar surface area (TPSA) is 76.3 Å². The normalized spacial score (nSPS) is 19.1. The molecular formula is C18H18ClN3O3S. The fraction of sp³-hybridized carbons (Fsp3) is 0.333. The van der Waals surface area contributed by atoms with Crippen molar-refractivity contribution in [1.82, 2.24) is 14.3 Å². The van der Waals surface area contributed by atoms with Gasteiger partial charge in [0.15, 0.2) is 5.58 Å². The summed E-state index contributed by atoms with van der Waals surface area (Å²) < 4.78 is 33.8. The Labute approximate surface area is 156 Å². The summed E-state index contributed by atoms with van der Waals surface area (Å²) in [6.45, 7) is 2.16. The van der Waals surface area contributed by atoms with Crippen LogP contribution in [0, 0.1) is 6.92 Å². The highest BCUT2D eigenvalue weighted by Crippen LogP contribution is 2.36. The summed E-state index contributed by atoms with van der Waals surface area (Å²) in [6, 6.07) is 8.58. The smallest absolute Gasteiger partial charge is 0.245 e. The van der Waals surface area contributed by atoms with Crippen LogP contribution in [0.2, 0.25) is 5.15 Å². The predicted octanol–water partition coefficient (Wildman–Crippen LogP) is 4.10. The number of para-hydroxylation sites is 2. The number of piperidine rings is 1. The van der Waals surface area contributed by atoms with Crippen LogP contribution >= 0.6 is 11.6 Å². The number of halogens is 1. The van der Waals surface area contributed by atoms with Crippen molar-refractivity contribution in [3.8, 4) is 0 Å². The van der Waals surface area contributed by atoms with Gasteiger partial charge >= 0.3 is 0 Å². The molecular weight excluding hydrogens is 374 g/mol. The molecule has 4 rings (SSSR count). The summed E-state index contributed by atoms with van der Waals surface area (Å²) in [5.74, 6) is 0.438. The number of rotatable bonds is 3. The van der Waals surface area contributed by atoms with Crippen molar-refractivity contribution in [2.75, 3.05) is 6.54 Å². The molecule has 1 saturated heterocycles. The molecule has 0 radical (unpaired) electrons. The number of nitrogens with zero attached hydrogens (tertiary/aromatic N) is 3. The summed E-state index contributed by atoms with van der Waals surface area (Å²) in [7, 11) is -3.72. The molecule has 6 nitrogen and oxygen atoms in total. The lowest BCUT2D eigenvalue weighted by Gasteiger charge is -2.32. The highest BCUT2D eigenvalue weighted by molar-refractivity contribution is 7.89. The van der Waals surface area contributed by atoms with Crippen molar-refractivity contribution in [3.63, 3.8) is 0 Å². The third-order valence-corrected chi connectivity index (χ3v) is 6.91. The number of sulfonamides is 1. The molecule has 1 aliphatic heterocycles. The van der Waals surface area contributed by atoms with Gasteiger partial charge in [-0.15, -0.1) is 0 Å². The zero-order valence-electron chi connectivity index (χ0n) is 14.2. The number of aromatic nitrogens is 2. The van der Waals surface area contributed by atoms with Crippen LogP contribution in [0.5, 0.6) is 0 Å². The first-order valence-corrected chi connectivity index (χ1v) is 10.3. The van der Waals surface area contributed by atoms with Gasteiger partial charge in [-0.1, -0.05) is 30.2 Å². The van der Waals surface area contributed by atoms with Crippen LogP contribution in [0.1, 0.15) is 36.8 Å². The van der Waals surface area contributed by atoms with E-state index < -0.39 is 16.1 Å². The van der Waals surface area contributed by atoms with Gasteiger partial charge in [0.05, 0.1) is 0 Å². The molecule has 0 bridgehead atoms. The predicted molar refractivity (Wildman–Crippen MR) is 98.5 cm³/mol. The van der Waals surface area contributed by atoms with E-state index in [9.17, 15) is 8.42 Å². The molecule has 1 atom stereocenters. The average molecular weight is 392 g/mol. The second-order valence-electron chi connectivity index (χ2n) is 6.43. The van der Waals surface area contributed by atoms with Crippen LogP contribution in [0.3, 0.4) is 0 Å². The molecule has 136 valence electrons. The molecule has 0 spiro atoms. The second kappa shape index (κ2) is 6.64. The van der Waals surface area contributed by atoms with Crippen molar-refractivity contribution in [2.24, 2.45) is 0 Å². The fourth-order valence-electron chi connectivity index (χ4n) is 3.28. The van der Waals surface area contributed by atoms with E-state index in [1.807, 2.05) is 24.3 Å². The minimum Gasteiger partial charge on any atom is -0.439 e. The molecule has 0 amide bonds. The quantitative estimate of drug-likeness (QED) is 0.628. The van der Waals surface area contributed by atoms with E-state index >= 15 is 0 Å². The highest BCUT2D eigenvalue weighted by Gasteiger charge is 2.37. The SMILES string of the molecule is Cc1cc(S(=O)(=O)N2CCCC[C@@H]2c2nc3ccccc3o2)cnc1Cl. The minimum absolute atomic E-state index is 0.141. The van der Waals surface area contributed by atoms with Crippen molar-refractivity contribution in [1.29, 1.82) is 0 Å². The summed E-state index contributed by atoms with van der Waals surface area (Å²) in [5, 5.41) is 0.304. The van der Waals surface area contributed by atoms with Crippen LogP contribution in [-0.4, -0.2) is 29.2 Å². The van der Waals surface area contributed by atoms with Gasteiger partial charge < -0.3 is 4.42 Å². The van der Waals surface area contributed by atoms with Crippen molar-refractivity contribution < 1.29 is 12.8 Å². The highest BCUT2D eigenvalue weighted by atomic mass is 35.5. The second-order valence-corrected chi connectivity index (χ2v) is 8.67. The molecule has 3 aromatic rings. The first kappa shape index (κ1) is 17.5. The Morgan fingerprint density at radius 2 is 2.08 bits per heavy atom. The van der Waals surface area contributed by atoms with Gasteiger partial charge in [-0.2, -0.15) is 4.31 Å². The minimum atomic E-state index is -3.72. The largest absolute Gasteiger partial charge is 0.439 e. The molecule has 1 aliphatic rings. The molecule has 26 heavy (non-hydrogen) atoms. The van der Waals surface area contributed by atoms with E-state index in [0.717, 1.165) is 18.4 Å². The lowest BCUT2D eigenvalue weighted by atomic mass is 10.1.